The summed E-state index contributed by atoms with van der Waals surface area (Å²) < 4.78 is 122. The van der Waals surface area contributed by atoms with Gasteiger partial charge in [0.1, 0.15) is 0 Å². The van der Waals surface area contributed by atoms with Crippen LogP contribution in [-0.2, 0) is 13.9 Å². The van der Waals surface area contributed by atoms with Crippen molar-refractivity contribution in [3.05, 3.63) is 0 Å². The summed E-state index contributed by atoms with van der Waals surface area (Å²) in [6, 6.07) is 0. The van der Waals surface area contributed by atoms with Gasteiger partial charge in [-0.05, 0) is 0 Å². The van der Waals surface area contributed by atoms with Crippen molar-refractivity contribution in [3.63, 3.8) is 0 Å². The molecule has 0 aliphatic heterocycles. The van der Waals surface area contributed by atoms with Crippen LogP contribution < -0.4 is 0 Å². The molecule has 0 spiro atoms. The third kappa shape index (κ3) is 3.55. The molecular formula is C4H4F8O7P2. The first-order valence-corrected chi connectivity index (χ1v) is 7.26. The Morgan fingerprint density at radius 2 is 0.810 bits per heavy atom. The molecule has 0 atom stereocenters. The van der Waals surface area contributed by atoms with Crippen LogP contribution in [0.1, 0.15) is 0 Å². The second-order valence-electron chi connectivity index (χ2n) is 3.31. The van der Waals surface area contributed by atoms with Crippen molar-refractivity contribution in [3.8, 4) is 0 Å². The van der Waals surface area contributed by atoms with Crippen molar-refractivity contribution < 1.29 is 68.6 Å². The van der Waals surface area contributed by atoms with Crippen LogP contribution >= 0.6 is 15.2 Å². The van der Waals surface area contributed by atoms with Crippen LogP contribution in [-0.4, -0.2) is 43.1 Å². The van der Waals surface area contributed by atoms with Gasteiger partial charge in [-0.25, -0.2) is 4.74 Å². The number of halogens is 8. The van der Waals surface area contributed by atoms with Crippen molar-refractivity contribution in [1.29, 1.82) is 0 Å². The molecule has 7 nitrogen and oxygen atoms in total. The summed E-state index contributed by atoms with van der Waals surface area (Å²) in [7, 11) is -14.3. The molecule has 0 radical (unpaired) electrons. The zero-order chi connectivity index (χ0) is 17.7. The Morgan fingerprint density at radius 1 is 0.619 bits per heavy atom. The van der Waals surface area contributed by atoms with Gasteiger partial charge < -0.3 is 19.6 Å². The van der Waals surface area contributed by atoms with Crippen LogP contribution in [0.25, 0.3) is 0 Å². The van der Waals surface area contributed by atoms with E-state index in [1.54, 1.807) is 4.74 Å². The fourth-order valence-corrected chi connectivity index (χ4v) is 1.39. The smallest absolute Gasteiger partial charge is 0.320 e. The standard InChI is InChI=1S/C4H4F8O7P2/c5-1(6,3(9,10)20(13,14)15)19-2(7,8)4(11,12)21(16,17)18/h(H2,13,14,15)(H2,16,17,18). The maximum atomic E-state index is 12.6. The Hall–Kier alpha value is -0.300. The van der Waals surface area contributed by atoms with E-state index in [1.165, 1.54) is 0 Å². The molecule has 0 amide bonds. The average molecular weight is 378 g/mol. The van der Waals surface area contributed by atoms with Crippen molar-refractivity contribution in [2.75, 3.05) is 0 Å². The Bertz CT molecular complexity index is 449. The highest BCUT2D eigenvalue weighted by Crippen LogP contribution is 2.65. The minimum atomic E-state index is -7.15. The summed E-state index contributed by atoms with van der Waals surface area (Å²) in [6.07, 6.45) is -13.8. The molecule has 0 saturated carbocycles. The molecule has 0 rings (SSSR count). The van der Waals surface area contributed by atoms with Crippen LogP contribution in [0.4, 0.5) is 35.1 Å². The number of rotatable bonds is 6. The van der Waals surface area contributed by atoms with Gasteiger partial charge >= 0.3 is 38.7 Å². The van der Waals surface area contributed by atoms with E-state index in [0.717, 1.165) is 0 Å². The lowest BCUT2D eigenvalue weighted by atomic mass is 10.6. The van der Waals surface area contributed by atoms with Gasteiger partial charge in [-0.1, -0.05) is 0 Å². The minimum absolute atomic E-state index is 1.66. The van der Waals surface area contributed by atoms with E-state index in [9.17, 15) is 44.3 Å². The van der Waals surface area contributed by atoms with Crippen molar-refractivity contribution in [2.24, 2.45) is 0 Å². The second-order valence-corrected chi connectivity index (χ2v) is 6.61. The van der Waals surface area contributed by atoms with E-state index in [-0.39, 0.29) is 0 Å². The Morgan fingerprint density at radius 3 is 0.952 bits per heavy atom. The summed E-state index contributed by atoms with van der Waals surface area (Å²) in [6.45, 7) is 0. The first-order chi connectivity index (χ1) is 8.71. The lowest BCUT2D eigenvalue weighted by Crippen LogP contribution is -2.53. The Kier molecular flexibility index (Phi) is 5.04. The lowest BCUT2D eigenvalue weighted by molar-refractivity contribution is -0.445. The molecule has 0 unspecified atom stereocenters. The van der Waals surface area contributed by atoms with Crippen molar-refractivity contribution >= 4 is 15.2 Å². The predicted octanol–water partition coefficient (Wildman–Crippen LogP) is 1.73. The second kappa shape index (κ2) is 5.11. The van der Waals surface area contributed by atoms with Gasteiger partial charge in [-0.3, -0.25) is 9.13 Å². The molecule has 17 heteroatoms. The normalized spacial score (nSPS) is 16.2. The molecule has 0 bridgehead atoms. The van der Waals surface area contributed by atoms with Crippen molar-refractivity contribution in [2.45, 2.75) is 23.5 Å². The molecule has 128 valence electrons. The van der Waals surface area contributed by atoms with Gasteiger partial charge in [0, 0.05) is 0 Å². The minimum Gasteiger partial charge on any atom is -0.320 e. The zero-order valence-electron chi connectivity index (χ0n) is 8.93. The van der Waals surface area contributed by atoms with Gasteiger partial charge in [-0.2, -0.15) is 35.1 Å². The van der Waals surface area contributed by atoms with Gasteiger partial charge in [0.15, 0.2) is 0 Å². The highest BCUT2D eigenvalue weighted by atomic mass is 31.2. The quantitative estimate of drug-likeness (QED) is 0.410. The van der Waals surface area contributed by atoms with Gasteiger partial charge in [0.2, 0.25) is 0 Å². The predicted molar refractivity (Wildman–Crippen MR) is 45.0 cm³/mol. The SMILES string of the molecule is O=P(O)(O)C(F)(F)C(F)(F)OC(F)(F)C(F)(F)P(=O)(O)O. The fourth-order valence-electron chi connectivity index (χ4n) is 0.623. The van der Waals surface area contributed by atoms with Crippen LogP contribution in [0.15, 0.2) is 0 Å². The molecular weight excluding hydrogens is 374 g/mol. The average Bonchev–Trinajstić information content (AvgIpc) is 2.11. The first-order valence-electron chi connectivity index (χ1n) is 4.03. The zero-order valence-corrected chi connectivity index (χ0v) is 10.7. The molecule has 0 aliphatic carbocycles. The molecule has 4 N–H and O–H groups in total. The van der Waals surface area contributed by atoms with Gasteiger partial charge in [-0.15, -0.1) is 0 Å². The molecule has 0 aliphatic rings. The van der Waals surface area contributed by atoms with Gasteiger partial charge in [0.25, 0.3) is 0 Å². The molecule has 0 heterocycles. The summed E-state index contributed by atoms with van der Waals surface area (Å²) in [5, 5.41) is 0. The largest absolute Gasteiger partial charge is 0.436 e. The van der Waals surface area contributed by atoms with E-state index in [4.69, 9.17) is 19.6 Å². The molecule has 0 aromatic carbocycles. The van der Waals surface area contributed by atoms with Crippen LogP contribution in [0, 0.1) is 0 Å². The van der Waals surface area contributed by atoms with Crippen molar-refractivity contribution in [1.82, 2.24) is 0 Å². The summed E-state index contributed by atoms with van der Waals surface area (Å²) in [5.74, 6) is 0. The highest BCUT2D eigenvalue weighted by Gasteiger charge is 2.78. The van der Waals surface area contributed by atoms with E-state index in [0.29, 0.717) is 0 Å². The maximum absolute atomic E-state index is 12.6. The molecule has 0 aromatic heterocycles. The fraction of sp³-hybridized carbons (Fsp3) is 1.00. The summed E-state index contributed by atoms with van der Waals surface area (Å²) >= 11 is 0. The third-order valence-electron chi connectivity index (χ3n) is 1.69. The Labute approximate surface area is 108 Å². The van der Waals surface area contributed by atoms with Gasteiger partial charge in [0.05, 0.1) is 0 Å². The van der Waals surface area contributed by atoms with Crippen LogP contribution in [0.5, 0.6) is 0 Å². The van der Waals surface area contributed by atoms with E-state index >= 15 is 0 Å². The van der Waals surface area contributed by atoms with Crippen LogP contribution in [0.3, 0.4) is 0 Å². The van der Waals surface area contributed by atoms with E-state index in [1.807, 2.05) is 0 Å². The summed E-state index contributed by atoms with van der Waals surface area (Å²) in [4.78, 5) is 31.4. The molecule has 0 aromatic rings. The Balaban J connectivity index is 5.76. The monoisotopic (exact) mass is 378 g/mol. The summed E-state index contributed by atoms with van der Waals surface area (Å²) in [5.41, 5.74) is -13.3. The number of alkyl halides is 8. The lowest BCUT2D eigenvalue weighted by Gasteiger charge is -2.32. The topological polar surface area (TPSA) is 124 Å². The maximum Gasteiger partial charge on any atom is 0.436 e. The van der Waals surface area contributed by atoms with E-state index < -0.39 is 38.7 Å². The number of hydrogen-bond acceptors (Lipinski definition) is 3. The molecule has 21 heavy (non-hydrogen) atoms. The molecule has 0 fully saturated rings. The third-order valence-corrected chi connectivity index (χ3v) is 3.67. The highest BCUT2D eigenvalue weighted by molar-refractivity contribution is 7.53. The first kappa shape index (κ1) is 20.7. The number of ether oxygens (including phenoxy) is 1. The van der Waals surface area contributed by atoms with Crippen LogP contribution in [0.2, 0.25) is 0 Å². The van der Waals surface area contributed by atoms with E-state index in [2.05, 4.69) is 0 Å². The molecule has 0 saturated heterocycles. The number of hydrogen-bond donors (Lipinski definition) is 4.